The molecule has 0 spiro atoms. The molecular formula is C5H12O4S2. The van der Waals surface area contributed by atoms with Crippen molar-refractivity contribution >= 4 is 25.3 Å². The smallest absolute Gasteiger partial charge is 0.110 e. The van der Waals surface area contributed by atoms with E-state index in [-0.39, 0.29) is 0 Å². The van der Waals surface area contributed by atoms with E-state index in [0.717, 1.165) is 0 Å². The lowest BCUT2D eigenvalue weighted by Gasteiger charge is -2.22. The summed E-state index contributed by atoms with van der Waals surface area (Å²) < 4.78 is -0.744. The minimum absolute atomic E-state index is 0.605. The Morgan fingerprint density at radius 3 is 1.73 bits per heavy atom. The molecule has 3 atom stereocenters. The third-order valence-electron chi connectivity index (χ3n) is 1.24. The van der Waals surface area contributed by atoms with Gasteiger partial charge in [0.25, 0.3) is 0 Å². The molecule has 0 aliphatic rings. The monoisotopic (exact) mass is 200 g/mol. The van der Waals surface area contributed by atoms with Gasteiger partial charge in [0.1, 0.15) is 18.3 Å². The maximum atomic E-state index is 9.02. The van der Waals surface area contributed by atoms with Crippen molar-refractivity contribution in [2.75, 3.05) is 6.61 Å². The van der Waals surface area contributed by atoms with E-state index in [9.17, 15) is 0 Å². The molecule has 0 aromatic rings. The molecule has 0 aliphatic heterocycles. The summed E-state index contributed by atoms with van der Waals surface area (Å²) in [6.07, 6.45) is -4.03. The molecule has 4 N–H and O–H groups in total. The third-order valence-corrected chi connectivity index (χ3v) is 1.85. The zero-order valence-electron chi connectivity index (χ0n) is 5.70. The third kappa shape index (κ3) is 3.64. The molecule has 6 heteroatoms. The molecule has 11 heavy (non-hydrogen) atoms. The second-order valence-corrected chi connectivity index (χ2v) is 3.66. The van der Waals surface area contributed by atoms with Gasteiger partial charge in [0.15, 0.2) is 0 Å². The lowest BCUT2D eigenvalue weighted by Crippen LogP contribution is -2.42. The van der Waals surface area contributed by atoms with Gasteiger partial charge in [-0.05, 0) is 0 Å². The molecule has 68 valence electrons. The molecule has 0 aromatic heterocycles. The van der Waals surface area contributed by atoms with Gasteiger partial charge in [-0.15, -0.1) is 0 Å². The van der Waals surface area contributed by atoms with Gasteiger partial charge in [-0.2, -0.15) is 25.3 Å². The van der Waals surface area contributed by atoms with Gasteiger partial charge in [-0.1, -0.05) is 0 Å². The molecule has 0 saturated heterocycles. The minimum Gasteiger partial charge on any atom is -0.394 e. The van der Waals surface area contributed by atoms with E-state index in [4.69, 9.17) is 20.4 Å². The first-order chi connectivity index (χ1) is 5.00. The average molecular weight is 200 g/mol. The number of rotatable bonds is 4. The van der Waals surface area contributed by atoms with Crippen LogP contribution in [0.3, 0.4) is 0 Å². The van der Waals surface area contributed by atoms with Crippen LogP contribution in [0.25, 0.3) is 0 Å². The lowest BCUT2D eigenvalue weighted by atomic mass is 10.1. The first-order valence-electron chi connectivity index (χ1n) is 3.02. The summed E-state index contributed by atoms with van der Waals surface area (Å²) in [5, 5.41) is 35.2. The fourth-order valence-electron chi connectivity index (χ4n) is 0.512. The largest absolute Gasteiger partial charge is 0.394 e. The molecule has 4 nitrogen and oxygen atoms in total. The lowest BCUT2D eigenvalue weighted by molar-refractivity contribution is -0.0703. The number of aliphatic hydroxyl groups excluding tert-OH is 4. The Kier molecular flexibility index (Phi) is 5.49. The van der Waals surface area contributed by atoms with Crippen molar-refractivity contribution in [3.63, 3.8) is 0 Å². The Morgan fingerprint density at radius 1 is 1.00 bits per heavy atom. The van der Waals surface area contributed by atoms with E-state index >= 15 is 0 Å². The van der Waals surface area contributed by atoms with Gasteiger partial charge in [0, 0.05) is 0 Å². The minimum atomic E-state index is -1.42. The second-order valence-electron chi connectivity index (χ2n) is 2.14. The molecule has 0 aromatic carbocycles. The van der Waals surface area contributed by atoms with Gasteiger partial charge in [-0.25, -0.2) is 0 Å². The Hall–Kier alpha value is 0.540. The van der Waals surface area contributed by atoms with E-state index in [1.165, 1.54) is 0 Å². The van der Waals surface area contributed by atoms with Gasteiger partial charge in [-0.3, -0.25) is 0 Å². The van der Waals surface area contributed by atoms with Gasteiger partial charge >= 0.3 is 0 Å². The number of hydrogen-bond donors (Lipinski definition) is 6. The van der Waals surface area contributed by atoms with Crippen LogP contribution < -0.4 is 0 Å². The van der Waals surface area contributed by atoms with E-state index in [2.05, 4.69) is 25.3 Å². The average Bonchev–Trinajstić information content (AvgIpc) is 2.00. The quantitative estimate of drug-likeness (QED) is 0.240. The molecule has 0 rings (SSSR count). The summed E-state index contributed by atoms with van der Waals surface area (Å²) in [7, 11) is 0. The highest BCUT2D eigenvalue weighted by Crippen LogP contribution is 2.12. The predicted molar refractivity (Wildman–Crippen MR) is 46.9 cm³/mol. The predicted octanol–water partition coefficient (Wildman–Crippen LogP) is -1.75. The summed E-state index contributed by atoms with van der Waals surface area (Å²) in [6, 6.07) is 0. The molecule has 0 aliphatic carbocycles. The molecule has 0 unspecified atom stereocenters. The van der Waals surface area contributed by atoms with E-state index < -0.39 is 29.5 Å². The molecule has 0 heterocycles. The highest BCUT2D eigenvalue weighted by Gasteiger charge is 2.27. The SMILES string of the molecule is OC[C@@H](O)[C@@H](O)[C@@H](O)C(S)S. The van der Waals surface area contributed by atoms with Crippen LogP contribution in [0.15, 0.2) is 0 Å². The van der Waals surface area contributed by atoms with Crippen LogP contribution >= 0.6 is 25.3 Å². The van der Waals surface area contributed by atoms with Crippen molar-refractivity contribution in [2.24, 2.45) is 0 Å². The van der Waals surface area contributed by atoms with Crippen LogP contribution in [0.2, 0.25) is 0 Å². The van der Waals surface area contributed by atoms with Crippen molar-refractivity contribution in [1.29, 1.82) is 0 Å². The van der Waals surface area contributed by atoms with Crippen molar-refractivity contribution in [3.8, 4) is 0 Å². The molecule has 0 saturated carbocycles. The standard InChI is InChI=1S/C5H12O4S2/c6-1-2(7)3(8)4(9)5(10)11/h2-11H,1H2/t2-,3-,4-/m1/s1. The first kappa shape index (κ1) is 11.5. The summed E-state index contributed by atoms with van der Waals surface area (Å²) in [5.74, 6) is 0. The molecule has 0 radical (unpaired) electrons. The Bertz CT molecular complexity index is 111. The van der Waals surface area contributed by atoms with Crippen molar-refractivity contribution in [2.45, 2.75) is 22.9 Å². The maximum absolute atomic E-state index is 9.02. The van der Waals surface area contributed by atoms with Gasteiger partial charge in [0.05, 0.1) is 11.2 Å². The summed E-state index contributed by atoms with van der Waals surface area (Å²) in [4.78, 5) is 0. The highest BCUT2D eigenvalue weighted by molar-refractivity contribution is 7.99. The topological polar surface area (TPSA) is 80.9 Å². The van der Waals surface area contributed by atoms with Gasteiger partial charge < -0.3 is 20.4 Å². The molecule has 0 fully saturated rings. The van der Waals surface area contributed by atoms with Gasteiger partial charge in [0.2, 0.25) is 0 Å². The van der Waals surface area contributed by atoms with Crippen LogP contribution in [-0.4, -0.2) is 49.9 Å². The summed E-state index contributed by atoms with van der Waals surface area (Å²) >= 11 is 7.45. The number of hydrogen-bond acceptors (Lipinski definition) is 6. The van der Waals surface area contributed by atoms with Crippen LogP contribution in [-0.2, 0) is 0 Å². The summed E-state index contributed by atoms with van der Waals surface area (Å²) in [5.41, 5.74) is 0. The van der Waals surface area contributed by atoms with E-state index in [1.54, 1.807) is 0 Å². The molecule has 0 amide bonds. The van der Waals surface area contributed by atoms with Crippen molar-refractivity contribution in [1.82, 2.24) is 0 Å². The van der Waals surface area contributed by atoms with E-state index in [0.29, 0.717) is 0 Å². The molecule has 0 bridgehead atoms. The van der Waals surface area contributed by atoms with Crippen LogP contribution in [0.1, 0.15) is 0 Å². The van der Waals surface area contributed by atoms with Crippen LogP contribution in [0.4, 0.5) is 0 Å². The zero-order chi connectivity index (χ0) is 9.02. The first-order valence-corrected chi connectivity index (χ1v) is 4.05. The van der Waals surface area contributed by atoms with Crippen LogP contribution in [0, 0.1) is 0 Å². The van der Waals surface area contributed by atoms with E-state index in [1.807, 2.05) is 0 Å². The fraction of sp³-hybridized carbons (Fsp3) is 1.00. The normalized spacial score (nSPS) is 19.9. The Balaban J connectivity index is 3.90. The fourth-order valence-corrected chi connectivity index (χ4v) is 0.865. The zero-order valence-corrected chi connectivity index (χ0v) is 7.49. The number of thiol groups is 2. The number of aliphatic hydroxyl groups is 4. The summed E-state index contributed by atoms with van der Waals surface area (Å²) in [6.45, 7) is -0.605. The molecular weight excluding hydrogens is 188 g/mol. The van der Waals surface area contributed by atoms with Crippen LogP contribution in [0.5, 0.6) is 0 Å². The highest BCUT2D eigenvalue weighted by atomic mass is 32.2. The Labute approximate surface area is 75.7 Å². The van der Waals surface area contributed by atoms with Crippen molar-refractivity contribution < 1.29 is 20.4 Å². The maximum Gasteiger partial charge on any atom is 0.110 e. The van der Waals surface area contributed by atoms with Crippen molar-refractivity contribution in [3.05, 3.63) is 0 Å². The Morgan fingerprint density at radius 2 is 1.45 bits per heavy atom. The second kappa shape index (κ2) is 5.23.